The van der Waals surface area contributed by atoms with Crippen molar-refractivity contribution in [2.45, 2.75) is 13.0 Å². The number of pyridine rings is 2. The summed E-state index contributed by atoms with van der Waals surface area (Å²) >= 11 is 0. The number of ether oxygens (including phenoxy) is 1. The molecule has 6 heteroatoms. The average Bonchev–Trinajstić information content (AvgIpc) is 2.66. The highest BCUT2D eigenvalue weighted by molar-refractivity contribution is 5.89. The number of carbonyl (C=O) groups excluding carboxylic acids is 1. The fourth-order valence-corrected chi connectivity index (χ4v) is 3.02. The molecule has 0 bridgehead atoms. The number of anilines is 1. The van der Waals surface area contributed by atoms with Crippen LogP contribution in [-0.4, -0.2) is 34.6 Å². The maximum atomic E-state index is 12.5. The zero-order valence-corrected chi connectivity index (χ0v) is 13.9. The molecule has 3 aromatic rings. The lowest BCUT2D eigenvalue weighted by Crippen LogP contribution is -2.39. The van der Waals surface area contributed by atoms with E-state index < -0.39 is 0 Å². The molecule has 6 nitrogen and oxygen atoms in total. The third-order valence-electron chi connectivity index (χ3n) is 4.37. The lowest BCUT2D eigenvalue weighted by atomic mass is 10.0. The molecule has 0 unspecified atom stereocenters. The van der Waals surface area contributed by atoms with Gasteiger partial charge in [0.1, 0.15) is 5.75 Å². The summed E-state index contributed by atoms with van der Waals surface area (Å²) in [7, 11) is 1.62. The van der Waals surface area contributed by atoms with Gasteiger partial charge >= 0.3 is 6.03 Å². The average molecular weight is 334 g/mol. The first kappa shape index (κ1) is 15.4. The number of fused-ring (bicyclic) bond motifs is 2. The number of benzene rings is 1. The first-order valence-electron chi connectivity index (χ1n) is 8.16. The maximum Gasteiger partial charge on any atom is 0.322 e. The highest BCUT2D eigenvalue weighted by Gasteiger charge is 2.22. The van der Waals surface area contributed by atoms with E-state index in [2.05, 4.69) is 21.4 Å². The van der Waals surface area contributed by atoms with E-state index in [1.807, 2.05) is 36.4 Å². The zero-order valence-electron chi connectivity index (χ0n) is 13.9. The van der Waals surface area contributed by atoms with E-state index in [1.54, 1.807) is 18.2 Å². The summed E-state index contributed by atoms with van der Waals surface area (Å²) < 4.78 is 5.13. The van der Waals surface area contributed by atoms with E-state index in [1.165, 1.54) is 0 Å². The van der Waals surface area contributed by atoms with Crippen molar-refractivity contribution in [1.29, 1.82) is 0 Å². The number of hydrogen-bond acceptors (Lipinski definition) is 4. The second-order valence-corrected chi connectivity index (χ2v) is 5.97. The number of aromatic nitrogens is 2. The molecule has 0 saturated heterocycles. The molecule has 126 valence electrons. The van der Waals surface area contributed by atoms with E-state index in [0.29, 0.717) is 13.1 Å². The van der Waals surface area contributed by atoms with Gasteiger partial charge in [-0.3, -0.25) is 0 Å². The van der Waals surface area contributed by atoms with E-state index in [9.17, 15) is 4.79 Å². The second kappa shape index (κ2) is 6.39. The van der Waals surface area contributed by atoms with Crippen LogP contribution in [0.1, 0.15) is 11.3 Å². The Balaban J connectivity index is 1.50. The molecule has 1 aliphatic heterocycles. The van der Waals surface area contributed by atoms with Gasteiger partial charge in [0.2, 0.25) is 0 Å². The number of methoxy groups -OCH3 is 1. The van der Waals surface area contributed by atoms with Crippen molar-refractivity contribution < 1.29 is 9.53 Å². The summed E-state index contributed by atoms with van der Waals surface area (Å²) in [4.78, 5) is 23.3. The third kappa shape index (κ3) is 3.10. The molecule has 0 atom stereocenters. The largest absolute Gasteiger partial charge is 0.497 e. The van der Waals surface area contributed by atoms with Gasteiger partial charge in [0, 0.05) is 42.5 Å². The van der Waals surface area contributed by atoms with E-state index >= 15 is 0 Å². The quantitative estimate of drug-likeness (QED) is 0.781. The van der Waals surface area contributed by atoms with Gasteiger partial charge in [0.15, 0.2) is 5.65 Å². The van der Waals surface area contributed by atoms with Gasteiger partial charge in [-0.1, -0.05) is 0 Å². The standard InChI is InChI=1S/C19H18N4O2/c1-25-16-6-4-15(5-7-16)21-19(24)23-10-8-17-14(12-23)11-13-3-2-9-20-18(13)22-17/h2-7,9,11H,8,10,12H2,1H3,(H,21,24). The van der Waals surface area contributed by atoms with Gasteiger partial charge in [-0.05, 0) is 48.0 Å². The van der Waals surface area contributed by atoms with Crippen molar-refractivity contribution >= 4 is 22.8 Å². The van der Waals surface area contributed by atoms with E-state index in [-0.39, 0.29) is 6.03 Å². The predicted octanol–water partition coefficient (Wildman–Crippen LogP) is 3.23. The molecular weight excluding hydrogens is 316 g/mol. The molecule has 1 N–H and O–H groups in total. The van der Waals surface area contributed by atoms with Crippen LogP contribution in [0.5, 0.6) is 5.75 Å². The normalized spacial score (nSPS) is 13.4. The maximum absolute atomic E-state index is 12.5. The number of nitrogens with zero attached hydrogens (tertiary/aromatic N) is 3. The Morgan fingerprint density at radius 1 is 1.24 bits per heavy atom. The molecule has 0 aliphatic carbocycles. The summed E-state index contributed by atoms with van der Waals surface area (Å²) in [5, 5.41) is 3.93. The lowest BCUT2D eigenvalue weighted by Gasteiger charge is -2.28. The number of nitrogens with one attached hydrogen (secondary N) is 1. The molecule has 0 saturated carbocycles. The van der Waals surface area contributed by atoms with Crippen LogP contribution in [0.2, 0.25) is 0 Å². The molecule has 1 aromatic carbocycles. The summed E-state index contributed by atoms with van der Waals surface area (Å²) in [5.41, 5.74) is 3.62. The Morgan fingerprint density at radius 2 is 2.08 bits per heavy atom. The van der Waals surface area contributed by atoms with E-state index in [0.717, 1.165) is 40.1 Å². The summed E-state index contributed by atoms with van der Waals surface area (Å²) in [6.45, 7) is 1.19. The monoisotopic (exact) mass is 334 g/mol. The fraction of sp³-hybridized carbons (Fsp3) is 0.211. The molecule has 0 spiro atoms. The first-order chi connectivity index (χ1) is 12.2. The third-order valence-corrected chi connectivity index (χ3v) is 4.37. The lowest BCUT2D eigenvalue weighted by molar-refractivity contribution is 0.206. The number of carbonyl (C=O) groups is 1. The van der Waals surface area contributed by atoms with Crippen LogP contribution in [0, 0.1) is 0 Å². The van der Waals surface area contributed by atoms with Gasteiger partial charge in [-0.15, -0.1) is 0 Å². The van der Waals surface area contributed by atoms with Crippen molar-refractivity contribution in [1.82, 2.24) is 14.9 Å². The highest BCUT2D eigenvalue weighted by atomic mass is 16.5. The zero-order chi connectivity index (χ0) is 17.2. The molecule has 25 heavy (non-hydrogen) atoms. The molecule has 0 fully saturated rings. The van der Waals surface area contributed by atoms with Crippen LogP contribution in [0.4, 0.5) is 10.5 Å². The van der Waals surface area contributed by atoms with Gasteiger partial charge in [0.05, 0.1) is 7.11 Å². The van der Waals surface area contributed by atoms with Gasteiger partial charge < -0.3 is 15.0 Å². The molecule has 0 radical (unpaired) electrons. The first-order valence-corrected chi connectivity index (χ1v) is 8.16. The predicted molar refractivity (Wildman–Crippen MR) is 95.7 cm³/mol. The van der Waals surface area contributed by atoms with Crippen LogP contribution >= 0.6 is 0 Å². The van der Waals surface area contributed by atoms with Gasteiger partial charge in [0.25, 0.3) is 0 Å². The smallest absolute Gasteiger partial charge is 0.322 e. The van der Waals surface area contributed by atoms with Crippen molar-refractivity contribution in [2.75, 3.05) is 19.0 Å². The molecule has 2 amide bonds. The minimum Gasteiger partial charge on any atom is -0.497 e. The van der Waals surface area contributed by atoms with Crippen molar-refractivity contribution in [3.63, 3.8) is 0 Å². The molecule has 1 aliphatic rings. The van der Waals surface area contributed by atoms with Gasteiger partial charge in [-0.25, -0.2) is 14.8 Å². The number of rotatable bonds is 2. The minimum absolute atomic E-state index is 0.109. The molecule has 2 aromatic heterocycles. The molecular formula is C19H18N4O2. The Labute approximate surface area is 145 Å². The van der Waals surface area contributed by atoms with Crippen LogP contribution in [0.25, 0.3) is 11.0 Å². The Kier molecular flexibility index (Phi) is 3.93. The molecule has 3 heterocycles. The van der Waals surface area contributed by atoms with Crippen LogP contribution < -0.4 is 10.1 Å². The van der Waals surface area contributed by atoms with Crippen molar-refractivity contribution in [3.05, 3.63) is 59.9 Å². The summed E-state index contributed by atoms with van der Waals surface area (Å²) in [6.07, 6.45) is 2.48. The Hall–Kier alpha value is -3.15. The van der Waals surface area contributed by atoms with Crippen molar-refractivity contribution in [2.24, 2.45) is 0 Å². The Bertz CT molecular complexity index is 924. The number of amides is 2. The minimum atomic E-state index is -0.109. The highest BCUT2D eigenvalue weighted by Crippen LogP contribution is 2.22. The van der Waals surface area contributed by atoms with E-state index in [4.69, 9.17) is 4.74 Å². The van der Waals surface area contributed by atoms with Crippen LogP contribution in [0.15, 0.2) is 48.7 Å². The van der Waals surface area contributed by atoms with Crippen LogP contribution in [0.3, 0.4) is 0 Å². The fourth-order valence-electron chi connectivity index (χ4n) is 3.02. The summed E-state index contributed by atoms with van der Waals surface area (Å²) in [6, 6.07) is 13.2. The summed E-state index contributed by atoms with van der Waals surface area (Å²) in [5.74, 6) is 0.761. The Morgan fingerprint density at radius 3 is 2.88 bits per heavy atom. The van der Waals surface area contributed by atoms with Crippen molar-refractivity contribution in [3.8, 4) is 5.75 Å². The second-order valence-electron chi connectivity index (χ2n) is 5.97. The SMILES string of the molecule is COc1ccc(NC(=O)N2CCc3nc4ncccc4cc3C2)cc1. The van der Waals surface area contributed by atoms with Crippen LogP contribution in [-0.2, 0) is 13.0 Å². The number of urea groups is 1. The number of hydrogen-bond donors (Lipinski definition) is 1. The van der Waals surface area contributed by atoms with Gasteiger partial charge in [-0.2, -0.15) is 0 Å². The topological polar surface area (TPSA) is 67.3 Å². The molecule has 4 rings (SSSR count).